The van der Waals surface area contributed by atoms with Crippen molar-refractivity contribution in [1.29, 1.82) is 0 Å². The summed E-state index contributed by atoms with van der Waals surface area (Å²) in [5.41, 5.74) is 6.36. The van der Waals surface area contributed by atoms with E-state index in [0.717, 1.165) is 12.8 Å². The highest BCUT2D eigenvalue weighted by molar-refractivity contribution is 6.31. The van der Waals surface area contributed by atoms with Gasteiger partial charge in [-0.1, -0.05) is 24.9 Å². The summed E-state index contributed by atoms with van der Waals surface area (Å²) >= 11 is 5.72. The van der Waals surface area contributed by atoms with Crippen molar-refractivity contribution in [3.8, 4) is 0 Å². The molecule has 0 radical (unpaired) electrons. The van der Waals surface area contributed by atoms with Gasteiger partial charge in [-0.3, -0.25) is 0 Å². The van der Waals surface area contributed by atoms with Gasteiger partial charge in [-0.05, 0) is 24.6 Å². The molecule has 0 saturated heterocycles. The largest absolute Gasteiger partial charge is 0.462 e. The molecule has 0 bridgehead atoms. The van der Waals surface area contributed by atoms with Crippen molar-refractivity contribution >= 4 is 23.3 Å². The summed E-state index contributed by atoms with van der Waals surface area (Å²) < 4.78 is 5.03. The molecular formula is C11H14ClNO2. The summed E-state index contributed by atoms with van der Waals surface area (Å²) in [6, 6.07) is 4.73. The number of carbonyl (C=O) groups excluding carboxylic acids is 1. The molecule has 0 amide bonds. The smallest absolute Gasteiger partial charge is 0.340 e. The van der Waals surface area contributed by atoms with Gasteiger partial charge in [0, 0.05) is 10.7 Å². The van der Waals surface area contributed by atoms with Crippen LogP contribution in [0.15, 0.2) is 18.2 Å². The van der Waals surface area contributed by atoms with Crippen molar-refractivity contribution in [3.05, 3.63) is 28.8 Å². The number of halogens is 1. The lowest BCUT2D eigenvalue weighted by atomic mass is 10.2. The Bertz CT molecular complexity index is 352. The molecule has 3 nitrogen and oxygen atoms in total. The third-order valence-corrected chi connectivity index (χ3v) is 2.20. The number of rotatable bonds is 4. The number of esters is 1. The first kappa shape index (κ1) is 11.9. The highest BCUT2D eigenvalue weighted by Crippen LogP contribution is 2.18. The fraction of sp³-hybridized carbons (Fsp3) is 0.364. The van der Waals surface area contributed by atoms with Gasteiger partial charge < -0.3 is 10.5 Å². The first-order valence-corrected chi connectivity index (χ1v) is 5.25. The van der Waals surface area contributed by atoms with Gasteiger partial charge >= 0.3 is 5.97 Å². The Morgan fingerprint density at radius 3 is 2.87 bits per heavy atom. The molecule has 0 aliphatic carbocycles. The van der Waals surface area contributed by atoms with Gasteiger partial charge in [0.05, 0.1) is 12.2 Å². The predicted molar refractivity (Wildman–Crippen MR) is 61.1 cm³/mol. The van der Waals surface area contributed by atoms with E-state index in [1.165, 1.54) is 6.07 Å². The van der Waals surface area contributed by atoms with Crippen LogP contribution in [0.1, 0.15) is 30.1 Å². The topological polar surface area (TPSA) is 52.3 Å². The van der Waals surface area contributed by atoms with Crippen LogP contribution in [0.4, 0.5) is 5.69 Å². The lowest BCUT2D eigenvalue weighted by molar-refractivity contribution is 0.0501. The first-order valence-electron chi connectivity index (χ1n) is 4.87. The number of benzene rings is 1. The maximum absolute atomic E-state index is 11.5. The Kier molecular flexibility index (Phi) is 4.43. The SMILES string of the molecule is CCCCOC(=O)c1ccc(Cl)cc1N. The molecule has 2 N–H and O–H groups in total. The molecular weight excluding hydrogens is 214 g/mol. The predicted octanol–water partition coefficient (Wildman–Crippen LogP) is 2.88. The van der Waals surface area contributed by atoms with E-state index >= 15 is 0 Å². The maximum atomic E-state index is 11.5. The summed E-state index contributed by atoms with van der Waals surface area (Å²) in [5.74, 6) is -0.391. The van der Waals surface area contributed by atoms with Gasteiger partial charge in [0.2, 0.25) is 0 Å². The van der Waals surface area contributed by atoms with E-state index in [9.17, 15) is 4.79 Å². The first-order chi connectivity index (χ1) is 7.15. The third-order valence-electron chi connectivity index (χ3n) is 1.96. The standard InChI is InChI=1S/C11H14ClNO2/c1-2-3-6-15-11(14)9-5-4-8(12)7-10(9)13/h4-5,7H,2-3,6,13H2,1H3. The molecule has 0 saturated carbocycles. The number of nitrogens with two attached hydrogens (primary N) is 1. The van der Waals surface area contributed by atoms with Crippen LogP contribution in [-0.4, -0.2) is 12.6 Å². The van der Waals surface area contributed by atoms with E-state index in [-0.39, 0.29) is 0 Å². The number of carbonyl (C=O) groups is 1. The molecule has 0 aromatic heterocycles. The summed E-state index contributed by atoms with van der Waals surface area (Å²) in [5, 5.41) is 0.512. The lowest BCUT2D eigenvalue weighted by Crippen LogP contribution is -2.08. The second-order valence-electron chi connectivity index (χ2n) is 3.22. The van der Waals surface area contributed by atoms with Crippen molar-refractivity contribution in [2.45, 2.75) is 19.8 Å². The molecule has 0 aliphatic rings. The zero-order chi connectivity index (χ0) is 11.3. The van der Waals surface area contributed by atoms with Gasteiger partial charge in [-0.2, -0.15) is 0 Å². The van der Waals surface area contributed by atoms with E-state index < -0.39 is 5.97 Å². The number of unbranched alkanes of at least 4 members (excludes halogenated alkanes) is 1. The normalized spacial score (nSPS) is 10.0. The number of hydrogen-bond donors (Lipinski definition) is 1. The van der Waals surface area contributed by atoms with Crippen LogP contribution in [0.2, 0.25) is 5.02 Å². The average Bonchev–Trinajstić information content (AvgIpc) is 2.17. The molecule has 0 fully saturated rings. The van der Waals surface area contributed by atoms with E-state index in [1.807, 2.05) is 6.92 Å². The number of anilines is 1. The second kappa shape index (κ2) is 5.61. The highest BCUT2D eigenvalue weighted by atomic mass is 35.5. The Morgan fingerprint density at radius 2 is 2.27 bits per heavy atom. The van der Waals surface area contributed by atoms with Crippen molar-refractivity contribution < 1.29 is 9.53 Å². The molecule has 15 heavy (non-hydrogen) atoms. The zero-order valence-electron chi connectivity index (χ0n) is 8.63. The van der Waals surface area contributed by atoms with Crippen LogP contribution >= 0.6 is 11.6 Å². The van der Waals surface area contributed by atoms with Crippen LogP contribution < -0.4 is 5.73 Å². The molecule has 4 heteroatoms. The molecule has 0 atom stereocenters. The van der Waals surface area contributed by atoms with Crippen LogP contribution in [0.5, 0.6) is 0 Å². The van der Waals surface area contributed by atoms with E-state index in [1.54, 1.807) is 12.1 Å². The fourth-order valence-corrected chi connectivity index (χ4v) is 1.29. The van der Waals surface area contributed by atoms with Crippen molar-refractivity contribution in [1.82, 2.24) is 0 Å². The van der Waals surface area contributed by atoms with E-state index in [2.05, 4.69) is 0 Å². The van der Waals surface area contributed by atoms with Gasteiger partial charge in [0.25, 0.3) is 0 Å². The molecule has 0 unspecified atom stereocenters. The number of ether oxygens (including phenoxy) is 1. The van der Waals surface area contributed by atoms with Crippen LogP contribution in [0.3, 0.4) is 0 Å². The maximum Gasteiger partial charge on any atom is 0.340 e. The minimum absolute atomic E-state index is 0.351. The molecule has 0 aliphatic heterocycles. The Morgan fingerprint density at radius 1 is 1.53 bits per heavy atom. The zero-order valence-corrected chi connectivity index (χ0v) is 9.38. The monoisotopic (exact) mass is 227 g/mol. The molecule has 1 aromatic rings. The molecule has 0 spiro atoms. The van der Waals surface area contributed by atoms with Crippen LogP contribution in [0.25, 0.3) is 0 Å². The quantitative estimate of drug-likeness (QED) is 0.489. The summed E-state index contributed by atoms with van der Waals surface area (Å²) in [7, 11) is 0. The van der Waals surface area contributed by atoms with E-state index in [0.29, 0.717) is 22.9 Å². The molecule has 1 rings (SSSR count). The van der Waals surface area contributed by atoms with E-state index in [4.69, 9.17) is 22.1 Å². The minimum Gasteiger partial charge on any atom is -0.462 e. The van der Waals surface area contributed by atoms with Crippen LogP contribution in [0, 0.1) is 0 Å². The molecule has 82 valence electrons. The van der Waals surface area contributed by atoms with Gasteiger partial charge in [-0.15, -0.1) is 0 Å². The third kappa shape index (κ3) is 3.44. The Labute approximate surface area is 94.2 Å². The van der Waals surface area contributed by atoms with Gasteiger partial charge in [-0.25, -0.2) is 4.79 Å². The summed E-state index contributed by atoms with van der Waals surface area (Å²) in [6.07, 6.45) is 1.85. The molecule has 1 aromatic carbocycles. The number of hydrogen-bond acceptors (Lipinski definition) is 3. The minimum atomic E-state index is -0.391. The molecule has 0 heterocycles. The highest BCUT2D eigenvalue weighted by Gasteiger charge is 2.10. The van der Waals surface area contributed by atoms with Gasteiger partial charge in [0.1, 0.15) is 0 Å². The van der Waals surface area contributed by atoms with Crippen LogP contribution in [-0.2, 0) is 4.74 Å². The van der Waals surface area contributed by atoms with Crippen molar-refractivity contribution in [2.75, 3.05) is 12.3 Å². The Balaban J connectivity index is 2.65. The fourth-order valence-electron chi connectivity index (χ4n) is 1.11. The lowest BCUT2D eigenvalue weighted by Gasteiger charge is -2.06. The van der Waals surface area contributed by atoms with Gasteiger partial charge in [0.15, 0.2) is 0 Å². The number of nitrogen functional groups attached to an aromatic ring is 1. The summed E-state index contributed by atoms with van der Waals surface area (Å²) in [4.78, 5) is 11.5. The average molecular weight is 228 g/mol. The van der Waals surface area contributed by atoms with Crippen molar-refractivity contribution in [2.24, 2.45) is 0 Å². The van der Waals surface area contributed by atoms with Crippen molar-refractivity contribution in [3.63, 3.8) is 0 Å². The second-order valence-corrected chi connectivity index (χ2v) is 3.66. The summed E-state index contributed by atoms with van der Waals surface area (Å²) in [6.45, 7) is 2.46. The Hall–Kier alpha value is -1.22.